The van der Waals surface area contributed by atoms with E-state index >= 15 is 0 Å². The number of aryl methyl sites for hydroxylation is 1. The number of hydrogen-bond donors (Lipinski definition) is 1. The van der Waals surface area contributed by atoms with E-state index in [1.54, 1.807) is 12.1 Å². The molecule has 1 aromatic rings. The average Bonchev–Trinajstić information content (AvgIpc) is 2.45. The summed E-state index contributed by atoms with van der Waals surface area (Å²) in [5.41, 5.74) is 6.95. The van der Waals surface area contributed by atoms with E-state index in [9.17, 15) is 9.18 Å². The molecule has 0 radical (unpaired) electrons. The molecule has 21 heavy (non-hydrogen) atoms. The Labute approximate surface area is 126 Å². The zero-order chi connectivity index (χ0) is 15.4. The Morgan fingerprint density at radius 3 is 2.57 bits per heavy atom. The molecular formula is C17H25FN2O. The molecule has 0 heterocycles. The van der Waals surface area contributed by atoms with Gasteiger partial charge >= 0.3 is 0 Å². The van der Waals surface area contributed by atoms with Crippen LogP contribution in [0.2, 0.25) is 0 Å². The lowest BCUT2D eigenvalue weighted by Gasteiger charge is -2.36. The van der Waals surface area contributed by atoms with Crippen molar-refractivity contribution in [3.8, 4) is 0 Å². The van der Waals surface area contributed by atoms with Crippen molar-refractivity contribution in [2.75, 3.05) is 6.54 Å². The minimum atomic E-state index is -0.423. The van der Waals surface area contributed by atoms with Crippen molar-refractivity contribution >= 4 is 5.91 Å². The smallest absolute Gasteiger partial charge is 0.257 e. The summed E-state index contributed by atoms with van der Waals surface area (Å²) < 4.78 is 14.1. The topological polar surface area (TPSA) is 46.3 Å². The largest absolute Gasteiger partial charge is 0.336 e. The Morgan fingerprint density at radius 1 is 1.33 bits per heavy atom. The fraction of sp³-hybridized carbons (Fsp3) is 0.588. The van der Waals surface area contributed by atoms with Gasteiger partial charge in [0, 0.05) is 18.6 Å². The number of nitrogens with two attached hydrogens (primary N) is 1. The fourth-order valence-electron chi connectivity index (χ4n) is 3.05. The normalized spacial score (nSPS) is 22.1. The second kappa shape index (κ2) is 7.03. The maximum Gasteiger partial charge on any atom is 0.257 e. The summed E-state index contributed by atoms with van der Waals surface area (Å²) in [4.78, 5) is 14.5. The lowest BCUT2D eigenvalue weighted by Crippen LogP contribution is -2.44. The molecule has 0 spiro atoms. The predicted molar refractivity (Wildman–Crippen MR) is 82.7 cm³/mol. The highest BCUT2D eigenvalue weighted by Crippen LogP contribution is 2.24. The van der Waals surface area contributed by atoms with Gasteiger partial charge in [0.25, 0.3) is 5.91 Å². The molecular weight excluding hydrogens is 267 g/mol. The molecule has 116 valence electrons. The van der Waals surface area contributed by atoms with Crippen LogP contribution in [0.15, 0.2) is 18.2 Å². The van der Waals surface area contributed by atoms with E-state index in [-0.39, 0.29) is 23.6 Å². The first kappa shape index (κ1) is 16.0. The van der Waals surface area contributed by atoms with Gasteiger partial charge in [0.2, 0.25) is 0 Å². The second-order valence-electron chi connectivity index (χ2n) is 6.05. The molecule has 1 saturated carbocycles. The van der Waals surface area contributed by atoms with E-state index in [4.69, 9.17) is 5.73 Å². The van der Waals surface area contributed by atoms with Gasteiger partial charge in [-0.2, -0.15) is 0 Å². The van der Waals surface area contributed by atoms with Crippen molar-refractivity contribution in [2.24, 2.45) is 5.73 Å². The monoisotopic (exact) mass is 292 g/mol. The van der Waals surface area contributed by atoms with Crippen molar-refractivity contribution in [2.45, 2.75) is 58.0 Å². The molecule has 1 aliphatic carbocycles. The Morgan fingerprint density at radius 2 is 2.00 bits per heavy atom. The first-order valence-corrected chi connectivity index (χ1v) is 7.85. The molecule has 0 unspecified atom stereocenters. The number of amides is 1. The van der Waals surface area contributed by atoms with Crippen LogP contribution in [0, 0.1) is 12.7 Å². The third-order valence-corrected chi connectivity index (χ3v) is 4.26. The van der Waals surface area contributed by atoms with E-state index < -0.39 is 5.82 Å². The lowest BCUT2D eigenvalue weighted by molar-refractivity contribution is 0.0622. The third-order valence-electron chi connectivity index (χ3n) is 4.26. The van der Waals surface area contributed by atoms with Gasteiger partial charge in [0.05, 0.1) is 5.56 Å². The Kier molecular flexibility index (Phi) is 5.34. The molecule has 2 rings (SSSR count). The van der Waals surface area contributed by atoms with Gasteiger partial charge in [-0.3, -0.25) is 4.79 Å². The van der Waals surface area contributed by atoms with Crippen molar-refractivity contribution in [3.05, 3.63) is 35.1 Å². The van der Waals surface area contributed by atoms with Crippen LogP contribution in [0.4, 0.5) is 4.39 Å². The molecule has 1 amide bonds. The molecule has 1 aromatic carbocycles. The minimum absolute atomic E-state index is 0.184. The van der Waals surface area contributed by atoms with Crippen LogP contribution >= 0.6 is 0 Å². The predicted octanol–water partition coefficient (Wildman–Crippen LogP) is 3.26. The van der Waals surface area contributed by atoms with E-state index in [0.717, 1.165) is 37.7 Å². The molecule has 1 aliphatic rings. The Balaban J connectivity index is 2.18. The van der Waals surface area contributed by atoms with Gasteiger partial charge in [0.15, 0.2) is 0 Å². The van der Waals surface area contributed by atoms with Gasteiger partial charge in [-0.15, -0.1) is 0 Å². The number of carbonyl (C=O) groups excluding carboxylic acids is 1. The molecule has 0 bridgehead atoms. The third kappa shape index (κ3) is 3.82. The maximum absolute atomic E-state index is 14.1. The van der Waals surface area contributed by atoms with Crippen LogP contribution in [0.3, 0.4) is 0 Å². The standard InChI is InChI=1S/C17H25FN2O/c1-3-10-20(14-7-5-13(19)6-8-14)17(21)15-9-4-12(2)11-16(15)18/h4,9,11,13-14H,3,5-8,10,19H2,1-2H3. The summed E-state index contributed by atoms with van der Waals surface area (Å²) in [5, 5.41) is 0. The van der Waals surface area contributed by atoms with Crippen molar-refractivity contribution in [3.63, 3.8) is 0 Å². The summed E-state index contributed by atoms with van der Waals surface area (Å²) >= 11 is 0. The van der Waals surface area contributed by atoms with Crippen molar-refractivity contribution < 1.29 is 9.18 Å². The summed E-state index contributed by atoms with van der Waals surface area (Å²) in [6.07, 6.45) is 4.59. The van der Waals surface area contributed by atoms with Gasteiger partial charge in [-0.05, 0) is 56.7 Å². The lowest BCUT2D eigenvalue weighted by atomic mass is 9.90. The maximum atomic E-state index is 14.1. The molecule has 2 N–H and O–H groups in total. The number of carbonyl (C=O) groups is 1. The molecule has 1 fully saturated rings. The summed E-state index contributed by atoms with van der Waals surface area (Å²) in [7, 11) is 0. The van der Waals surface area contributed by atoms with E-state index in [0.29, 0.717) is 6.54 Å². The van der Waals surface area contributed by atoms with Crippen LogP contribution in [-0.4, -0.2) is 29.4 Å². The quantitative estimate of drug-likeness (QED) is 0.926. The van der Waals surface area contributed by atoms with Gasteiger partial charge in [-0.1, -0.05) is 13.0 Å². The number of benzene rings is 1. The van der Waals surface area contributed by atoms with Crippen LogP contribution < -0.4 is 5.73 Å². The Bertz CT molecular complexity index is 496. The zero-order valence-electron chi connectivity index (χ0n) is 12.9. The average molecular weight is 292 g/mol. The molecule has 0 atom stereocenters. The minimum Gasteiger partial charge on any atom is -0.336 e. The van der Waals surface area contributed by atoms with Crippen LogP contribution in [0.25, 0.3) is 0 Å². The fourth-order valence-corrected chi connectivity index (χ4v) is 3.05. The number of nitrogens with zero attached hydrogens (tertiary/aromatic N) is 1. The second-order valence-corrected chi connectivity index (χ2v) is 6.05. The summed E-state index contributed by atoms with van der Waals surface area (Å²) in [6, 6.07) is 5.25. The summed E-state index contributed by atoms with van der Waals surface area (Å²) in [6.45, 7) is 4.54. The Hall–Kier alpha value is -1.42. The molecule has 0 aromatic heterocycles. The molecule has 4 heteroatoms. The van der Waals surface area contributed by atoms with Crippen LogP contribution in [0.1, 0.15) is 54.9 Å². The summed E-state index contributed by atoms with van der Waals surface area (Å²) in [5.74, 6) is -0.608. The first-order valence-electron chi connectivity index (χ1n) is 7.85. The van der Waals surface area contributed by atoms with Crippen molar-refractivity contribution in [1.29, 1.82) is 0 Å². The van der Waals surface area contributed by atoms with Gasteiger partial charge in [0.1, 0.15) is 5.82 Å². The zero-order valence-corrected chi connectivity index (χ0v) is 12.9. The van der Waals surface area contributed by atoms with E-state index in [1.165, 1.54) is 6.07 Å². The highest BCUT2D eigenvalue weighted by Gasteiger charge is 2.28. The molecule has 0 aliphatic heterocycles. The van der Waals surface area contributed by atoms with E-state index in [2.05, 4.69) is 0 Å². The number of rotatable bonds is 4. The van der Waals surface area contributed by atoms with Gasteiger partial charge in [-0.25, -0.2) is 4.39 Å². The van der Waals surface area contributed by atoms with Crippen LogP contribution in [-0.2, 0) is 0 Å². The number of hydrogen-bond acceptors (Lipinski definition) is 2. The van der Waals surface area contributed by atoms with E-state index in [1.807, 2.05) is 18.7 Å². The SMILES string of the molecule is CCCN(C(=O)c1ccc(C)cc1F)C1CCC(N)CC1. The molecule has 3 nitrogen and oxygen atoms in total. The van der Waals surface area contributed by atoms with Crippen molar-refractivity contribution in [1.82, 2.24) is 4.90 Å². The van der Waals surface area contributed by atoms with Crippen LogP contribution in [0.5, 0.6) is 0 Å². The first-order chi connectivity index (χ1) is 10.0. The highest BCUT2D eigenvalue weighted by molar-refractivity contribution is 5.94. The molecule has 0 saturated heterocycles. The number of halogens is 1. The highest BCUT2D eigenvalue weighted by atomic mass is 19.1. The van der Waals surface area contributed by atoms with Gasteiger partial charge < -0.3 is 10.6 Å².